The first-order chi connectivity index (χ1) is 9.13. The Bertz CT molecular complexity index is 534. The van der Waals surface area contributed by atoms with E-state index in [1.165, 1.54) is 5.56 Å². The minimum atomic E-state index is 0.505. The molecule has 19 heavy (non-hydrogen) atoms. The van der Waals surface area contributed by atoms with Crippen molar-refractivity contribution in [2.24, 2.45) is 7.05 Å². The number of halogens is 1. The topological polar surface area (TPSA) is 21.1 Å². The van der Waals surface area contributed by atoms with E-state index in [9.17, 15) is 0 Å². The Morgan fingerprint density at radius 1 is 1.26 bits per heavy atom. The number of hydrogen-bond acceptors (Lipinski definition) is 2. The van der Waals surface area contributed by atoms with E-state index in [0.717, 1.165) is 30.0 Å². The molecule has 0 spiro atoms. The lowest BCUT2D eigenvalue weighted by molar-refractivity contribution is 0.723. The summed E-state index contributed by atoms with van der Waals surface area (Å²) in [5.41, 5.74) is 3.49. The van der Waals surface area contributed by atoms with Crippen molar-refractivity contribution in [2.75, 3.05) is 18.5 Å². The van der Waals surface area contributed by atoms with Gasteiger partial charge in [0, 0.05) is 26.2 Å². The summed E-state index contributed by atoms with van der Waals surface area (Å²) < 4.78 is 1.91. The Morgan fingerprint density at radius 2 is 1.95 bits per heavy atom. The molecule has 0 saturated heterocycles. The number of benzene rings is 1. The second kappa shape index (κ2) is 6.11. The van der Waals surface area contributed by atoms with Crippen LogP contribution in [0.5, 0.6) is 0 Å². The summed E-state index contributed by atoms with van der Waals surface area (Å²) in [5.74, 6) is 1.62. The van der Waals surface area contributed by atoms with Crippen molar-refractivity contribution in [1.29, 1.82) is 0 Å². The zero-order valence-electron chi connectivity index (χ0n) is 11.7. The molecule has 0 N–H and O–H groups in total. The number of likely N-dealkylation sites (N-methyl/N-ethyl adjacent to an activating group) is 1. The fourth-order valence-corrected chi connectivity index (χ4v) is 2.68. The molecule has 0 aliphatic heterocycles. The van der Waals surface area contributed by atoms with Crippen LogP contribution in [0.3, 0.4) is 0 Å². The number of hydrogen-bond donors (Lipinski definition) is 0. The van der Waals surface area contributed by atoms with E-state index < -0.39 is 0 Å². The Balaban J connectivity index is 2.10. The fraction of sp³-hybridized carbons (Fsp3) is 0.400. The molecule has 0 radical (unpaired) electrons. The van der Waals surface area contributed by atoms with Gasteiger partial charge in [-0.25, -0.2) is 0 Å². The minimum absolute atomic E-state index is 0.505. The second-order valence-corrected chi connectivity index (χ2v) is 5.07. The zero-order valence-corrected chi connectivity index (χ0v) is 12.5. The Labute approximate surface area is 119 Å². The van der Waals surface area contributed by atoms with Crippen LogP contribution < -0.4 is 4.90 Å². The summed E-state index contributed by atoms with van der Waals surface area (Å²) in [6.07, 6.45) is 1.02. The monoisotopic (exact) mass is 277 g/mol. The SMILES string of the molecule is Cc1nn(C)c(N(C)CCc2ccccc2)c1CCl. The van der Waals surface area contributed by atoms with Gasteiger partial charge >= 0.3 is 0 Å². The maximum absolute atomic E-state index is 6.03. The average Bonchev–Trinajstić information content (AvgIpc) is 2.71. The molecule has 0 fully saturated rings. The summed E-state index contributed by atoms with van der Waals surface area (Å²) in [6, 6.07) is 10.5. The maximum Gasteiger partial charge on any atom is 0.130 e. The summed E-state index contributed by atoms with van der Waals surface area (Å²) >= 11 is 6.03. The summed E-state index contributed by atoms with van der Waals surface area (Å²) in [5, 5.41) is 4.45. The van der Waals surface area contributed by atoms with Crippen molar-refractivity contribution in [1.82, 2.24) is 9.78 Å². The Hall–Kier alpha value is -1.48. The molecule has 0 bridgehead atoms. The zero-order chi connectivity index (χ0) is 13.8. The molecule has 1 heterocycles. The van der Waals surface area contributed by atoms with Gasteiger partial charge in [-0.05, 0) is 18.9 Å². The first-order valence-electron chi connectivity index (χ1n) is 6.47. The Kier molecular flexibility index (Phi) is 4.48. The van der Waals surface area contributed by atoms with Gasteiger partial charge in [-0.1, -0.05) is 30.3 Å². The molecule has 3 nitrogen and oxygen atoms in total. The van der Waals surface area contributed by atoms with Crippen molar-refractivity contribution < 1.29 is 0 Å². The van der Waals surface area contributed by atoms with Gasteiger partial charge in [-0.2, -0.15) is 5.10 Å². The van der Waals surface area contributed by atoms with Crippen LogP contribution in [0.15, 0.2) is 30.3 Å². The van der Waals surface area contributed by atoms with E-state index in [4.69, 9.17) is 11.6 Å². The highest BCUT2D eigenvalue weighted by atomic mass is 35.5. The van der Waals surface area contributed by atoms with Crippen molar-refractivity contribution in [2.45, 2.75) is 19.2 Å². The Morgan fingerprint density at radius 3 is 2.58 bits per heavy atom. The van der Waals surface area contributed by atoms with E-state index in [2.05, 4.69) is 41.3 Å². The van der Waals surface area contributed by atoms with Crippen LogP contribution in [0.2, 0.25) is 0 Å². The van der Waals surface area contributed by atoms with Gasteiger partial charge < -0.3 is 4.90 Å². The van der Waals surface area contributed by atoms with Crippen molar-refractivity contribution in [3.8, 4) is 0 Å². The average molecular weight is 278 g/mol. The highest BCUT2D eigenvalue weighted by Gasteiger charge is 2.15. The lowest BCUT2D eigenvalue weighted by atomic mass is 10.1. The standard InChI is InChI=1S/C15H20ClN3/c1-12-14(11-16)15(19(3)17-12)18(2)10-9-13-7-5-4-6-8-13/h4-8H,9-11H2,1-3H3. The van der Waals surface area contributed by atoms with Gasteiger partial charge in [-0.15, -0.1) is 11.6 Å². The molecule has 0 aliphatic rings. The number of rotatable bonds is 5. The summed E-state index contributed by atoms with van der Waals surface area (Å²) in [4.78, 5) is 2.23. The van der Waals surface area contributed by atoms with Crippen molar-refractivity contribution in [3.05, 3.63) is 47.2 Å². The first-order valence-corrected chi connectivity index (χ1v) is 7.00. The number of aromatic nitrogens is 2. The van der Waals surface area contributed by atoms with Crippen molar-refractivity contribution in [3.63, 3.8) is 0 Å². The van der Waals surface area contributed by atoms with Gasteiger partial charge in [0.15, 0.2) is 0 Å². The highest BCUT2D eigenvalue weighted by molar-refractivity contribution is 6.17. The van der Waals surface area contributed by atoms with Gasteiger partial charge in [0.1, 0.15) is 5.82 Å². The van der Waals surface area contributed by atoms with Crippen molar-refractivity contribution >= 4 is 17.4 Å². The fourth-order valence-electron chi connectivity index (χ4n) is 2.37. The quantitative estimate of drug-likeness (QED) is 0.783. The van der Waals surface area contributed by atoms with Crippen LogP contribution in [0.1, 0.15) is 16.8 Å². The third kappa shape index (κ3) is 3.10. The predicted molar refractivity (Wildman–Crippen MR) is 80.9 cm³/mol. The molecule has 0 amide bonds. The molecular formula is C15H20ClN3. The largest absolute Gasteiger partial charge is 0.359 e. The molecule has 102 valence electrons. The summed E-state index contributed by atoms with van der Waals surface area (Å²) in [7, 11) is 4.06. The van der Waals surface area contributed by atoms with E-state index in [1.807, 2.05) is 24.7 Å². The lowest BCUT2D eigenvalue weighted by Crippen LogP contribution is -2.23. The van der Waals surface area contributed by atoms with Crippen LogP contribution in [0.25, 0.3) is 0 Å². The molecule has 2 rings (SSSR count). The minimum Gasteiger partial charge on any atom is -0.359 e. The lowest BCUT2D eigenvalue weighted by Gasteiger charge is -2.20. The smallest absolute Gasteiger partial charge is 0.130 e. The van der Waals surface area contributed by atoms with Gasteiger partial charge in [-0.3, -0.25) is 4.68 Å². The highest BCUT2D eigenvalue weighted by Crippen LogP contribution is 2.24. The molecule has 0 saturated carbocycles. The second-order valence-electron chi connectivity index (χ2n) is 4.80. The maximum atomic E-state index is 6.03. The molecule has 1 aromatic carbocycles. The third-order valence-electron chi connectivity index (χ3n) is 3.39. The number of alkyl halides is 1. The van der Waals surface area contributed by atoms with E-state index >= 15 is 0 Å². The molecule has 2 aromatic rings. The van der Waals surface area contributed by atoms with Crippen LogP contribution >= 0.6 is 11.6 Å². The molecule has 0 atom stereocenters. The predicted octanol–water partition coefficient (Wildman–Crippen LogP) is 3.15. The van der Waals surface area contributed by atoms with Gasteiger partial charge in [0.2, 0.25) is 0 Å². The molecule has 1 aromatic heterocycles. The van der Waals surface area contributed by atoms with E-state index in [0.29, 0.717) is 5.88 Å². The summed E-state index contributed by atoms with van der Waals surface area (Å²) in [6.45, 7) is 2.96. The first kappa shape index (κ1) is 13.9. The third-order valence-corrected chi connectivity index (χ3v) is 3.65. The van der Waals surface area contributed by atoms with Crippen LogP contribution in [0.4, 0.5) is 5.82 Å². The van der Waals surface area contributed by atoms with Crippen LogP contribution in [-0.2, 0) is 19.3 Å². The van der Waals surface area contributed by atoms with Crippen LogP contribution in [0, 0.1) is 6.92 Å². The molecule has 0 aliphatic carbocycles. The van der Waals surface area contributed by atoms with E-state index in [-0.39, 0.29) is 0 Å². The number of anilines is 1. The van der Waals surface area contributed by atoms with Gasteiger partial charge in [0.05, 0.1) is 11.6 Å². The van der Waals surface area contributed by atoms with Crippen LogP contribution in [-0.4, -0.2) is 23.4 Å². The molecule has 0 unspecified atom stereocenters. The number of nitrogens with zero attached hydrogens (tertiary/aromatic N) is 3. The normalized spacial score (nSPS) is 10.7. The van der Waals surface area contributed by atoms with E-state index in [1.54, 1.807) is 0 Å². The molecular weight excluding hydrogens is 258 g/mol. The molecule has 4 heteroatoms. The number of aryl methyl sites for hydroxylation is 2. The van der Waals surface area contributed by atoms with Gasteiger partial charge in [0.25, 0.3) is 0 Å².